The van der Waals surface area contributed by atoms with Crippen LogP contribution in [-0.2, 0) is 30.5 Å². The molecule has 27 heavy (non-hydrogen) atoms. The van der Waals surface area contributed by atoms with Gasteiger partial charge in [-0.3, -0.25) is 9.59 Å². The zero-order valence-corrected chi connectivity index (χ0v) is 14.8. The fourth-order valence-electron chi connectivity index (χ4n) is 2.43. The van der Waals surface area contributed by atoms with Crippen molar-refractivity contribution < 1.29 is 29.0 Å². The monoisotopic (exact) mass is 371 g/mol. The van der Waals surface area contributed by atoms with Crippen LogP contribution in [0.5, 0.6) is 0 Å². The van der Waals surface area contributed by atoms with Crippen LogP contribution in [0.4, 0.5) is 0 Å². The minimum atomic E-state index is -1.41. The number of nitrogens with one attached hydrogen (secondary N) is 1. The summed E-state index contributed by atoms with van der Waals surface area (Å²) in [7, 11) is 1.35. The van der Waals surface area contributed by atoms with Crippen molar-refractivity contribution in [2.75, 3.05) is 7.11 Å². The maximum atomic E-state index is 12.4. The van der Waals surface area contributed by atoms with Gasteiger partial charge in [-0.1, -0.05) is 60.7 Å². The highest BCUT2D eigenvalue weighted by molar-refractivity contribution is 5.89. The minimum Gasteiger partial charge on any atom is -0.480 e. The van der Waals surface area contributed by atoms with E-state index in [1.807, 2.05) is 6.07 Å². The maximum absolute atomic E-state index is 12.4. The molecule has 0 aliphatic heterocycles. The summed E-state index contributed by atoms with van der Waals surface area (Å²) in [6, 6.07) is 16.2. The molecule has 2 N–H and O–H groups in total. The first-order valence-corrected chi connectivity index (χ1v) is 8.31. The van der Waals surface area contributed by atoms with Crippen molar-refractivity contribution in [3.63, 3.8) is 0 Å². The Morgan fingerprint density at radius 3 is 2.15 bits per heavy atom. The van der Waals surface area contributed by atoms with Crippen LogP contribution in [0, 0.1) is 0 Å². The van der Waals surface area contributed by atoms with Gasteiger partial charge < -0.3 is 19.9 Å². The summed E-state index contributed by atoms with van der Waals surface area (Å²) in [6.45, 7) is 0.0324. The number of hydrogen-bond donors (Lipinski definition) is 2. The molecule has 7 heteroatoms. The molecule has 2 aromatic rings. The van der Waals surface area contributed by atoms with Gasteiger partial charge in [0.2, 0.25) is 0 Å². The number of carbonyl (C=O) groups is 3. The van der Waals surface area contributed by atoms with Crippen LogP contribution in [-0.4, -0.2) is 36.1 Å². The van der Waals surface area contributed by atoms with Crippen LogP contribution >= 0.6 is 0 Å². The number of benzene rings is 2. The standard InChI is InChI=1S/C20H21NO6/c1-26-18(15-10-6-3-7-11-15)19(23)21-16(20(24)25)12-17(22)27-13-14-8-4-2-5-9-14/h2-11,16,18H,12-13H2,1H3,(H,21,23)(H,24,25)/t16-,18-/m1/s1. The number of carboxylic acid groups (broad SMARTS) is 1. The Labute approximate surface area is 156 Å². The van der Waals surface area contributed by atoms with E-state index in [2.05, 4.69) is 5.32 Å². The summed E-state index contributed by atoms with van der Waals surface area (Å²) in [5.74, 6) is -2.70. The number of aliphatic carboxylic acids is 1. The van der Waals surface area contributed by atoms with Crippen LogP contribution in [0.1, 0.15) is 23.7 Å². The van der Waals surface area contributed by atoms with E-state index < -0.39 is 36.4 Å². The molecular weight excluding hydrogens is 350 g/mol. The van der Waals surface area contributed by atoms with Gasteiger partial charge in [0.15, 0.2) is 6.10 Å². The lowest BCUT2D eigenvalue weighted by atomic mass is 10.1. The van der Waals surface area contributed by atoms with Gasteiger partial charge in [-0.2, -0.15) is 0 Å². The number of methoxy groups -OCH3 is 1. The van der Waals surface area contributed by atoms with Crippen LogP contribution in [0.25, 0.3) is 0 Å². The number of ether oxygens (including phenoxy) is 2. The molecule has 0 saturated carbocycles. The van der Waals surface area contributed by atoms with Gasteiger partial charge in [0.25, 0.3) is 5.91 Å². The van der Waals surface area contributed by atoms with Gasteiger partial charge in [-0.15, -0.1) is 0 Å². The molecular formula is C20H21NO6. The van der Waals surface area contributed by atoms with Gasteiger partial charge in [0.05, 0.1) is 6.42 Å². The molecule has 0 heterocycles. The Morgan fingerprint density at radius 2 is 1.59 bits per heavy atom. The molecule has 2 rings (SSSR count). The van der Waals surface area contributed by atoms with E-state index in [0.29, 0.717) is 5.56 Å². The van der Waals surface area contributed by atoms with Gasteiger partial charge in [-0.25, -0.2) is 4.79 Å². The van der Waals surface area contributed by atoms with Crippen molar-refractivity contribution >= 4 is 17.8 Å². The van der Waals surface area contributed by atoms with Gasteiger partial charge >= 0.3 is 11.9 Å². The van der Waals surface area contributed by atoms with Crippen molar-refractivity contribution in [1.82, 2.24) is 5.32 Å². The summed E-state index contributed by atoms with van der Waals surface area (Å²) < 4.78 is 10.2. The summed E-state index contributed by atoms with van der Waals surface area (Å²) in [6.07, 6.45) is -1.47. The van der Waals surface area contributed by atoms with E-state index in [9.17, 15) is 19.5 Å². The molecule has 0 aliphatic carbocycles. The van der Waals surface area contributed by atoms with E-state index >= 15 is 0 Å². The fourth-order valence-corrected chi connectivity index (χ4v) is 2.43. The Kier molecular flexibility index (Phi) is 7.51. The number of carboxylic acids is 1. The first kappa shape index (κ1) is 20.1. The van der Waals surface area contributed by atoms with Gasteiger partial charge in [0.1, 0.15) is 12.6 Å². The third kappa shape index (κ3) is 6.23. The molecule has 1 amide bonds. The molecule has 2 atom stereocenters. The Morgan fingerprint density at radius 1 is 1.00 bits per heavy atom. The highest BCUT2D eigenvalue weighted by atomic mass is 16.5. The second kappa shape index (κ2) is 10.1. The molecule has 0 saturated heterocycles. The third-order valence-electron chi connectivity index (χ3n) is 3.80. The van der Waals surface area contributed by atoms with E-state index in [1.54, 1.807) is 54.6 Å². The second-order valence-electron chi connectivity index (χ2n) is 5.78. The average molecular weight is 371 g/mol. The molecule has 2 aromatic carbocycles. The largest absolute Gasteiger partial charge is 0.480 e. The molecule has 0 fully saturated rings. The summed E-state index contributed by atoms with van der Waals surface area (Å²) >= 11 is 0. The predicted molar refractivity (Wildman–Crippen MR) is 96.6 cm³/mol. The van der Waals surface area contributed by atoms with Crippen LogP contribution in [0.2, 0.25) is 0 Å². The molecule has 0 spiro atoms. The second-order valence-corrected chi connectivity index (χ2v) is 5.78. The number of hydrogen-bond acceptors (Lipinski definition) is 5. The minimum absolute atomic E-state index is 0.0324. The highest BCUT2D eigenvalue weighted by Gasteiger charge is 2.28. The summed E-state index contributed by atoms with van der Waals surface area (Å²) in [5, 5.41) is 11.6. The average Bonchev–Trinajstić information content (AvgIpc) is 2.68. The lowest BCUT2D eigenvalue weighted by Crippen LogP contribution is -2.44. The predicted octanol–water partition coefficient (Wildman–Crippen LogP) is 2.08. The molecule has 0 aromatic heterocycles. The van der Waals surface area contributed by atoms with Crippen molar-refractivity contribution in [3.8, 4) is 0 Å². The van der Waals surface area contributed by atoms with Crippen molar-refractivity contribution in [3.05, 3.63) is 71.8 Å². The first-order chi connectivity index (χ1) is 13.0. The number of esters is 1. The summed E-state index contributed by atoms with van der Waals surface area (Å²) in [5.41, 5.74) is 1.36. The number of rotatable bonds is 9. The number of carbonyl (C=O) groups excluding carboxylic acids is 2. The molecule has 7 nitrogen and oxygen atoms in total. The van der Waals surface area contributed by atoms with Crippen LogP contribution < -0.4 is 5.32 Å². The zero-order valence-electron chi connectivity index (χ0n) is 14.8. The lowest BCUT2D eigenvalue weighted by Gasteiger charge is -2.19. The molecule has 0 bridgehead atoms. The Hall–Kier alpha value is -3.19. The summed E-state index contributed by atoms with van der Waals surface area (Å²) in [4.78, 5) is 35.8. The Bertz CT molecular complexity index is 763. The van der Waals surface area contributed by atoms with Crippen molar-refractivity contribution in [2.24, 2.45) is 0 Å². The van der Waals surface area contributed by atoms with Crippen molar-refractivity contribution in [2.45, 2.75) is 25.2 Å². The molecule has 0 radical (unpaired) electrons. The molecule has 0 unspecified atom stereocenters. The first-order valence-electron chi connectivity index (χ1n) is 8.31. The van der Waals surface area contributed by atoms with Crippen LogP contribution in [0.15, 0.2) is 60.7 Å². The number of amides is 1. The van der Waals surface area contributed by atoms with E-state index in [-0.39, 0.29) is 6.61 Å². The van der Waals surface area contributed by atoms with Crippen LogP contribution in [0.3, 0.4) is 0 Å². The topological polar surface area (TPSA) is 102 Å². The third-order valence-corrected chi connectivity index (χ3v) is 3.80. The normalized spacial score (nSPS) is 12.6. The van der Waals surface area contributed by atoms with E-state index in [0.717, 1.165) is 5.56 Å². The van der Waals surface area contributed by atoms with Crippen molar-refractivity contribution in [1.29, 1.82) is 0 Å². The fraction of sp³-hybridized carbons (Fsp3) is 0.250. The molecule has 0 aliphatic rings. The SMILES string of the molecule is CO[C@@H](C(=O)N[C@H](CC(=O)OCc1ccccc1)C(=O)O)c1ccccc1. The Balaban J connectivity index is 1.94. The van der Waals surface area contributed by atoms with Gasteiger partial charge in [0, 0.05) is 7.11 Å². The molecule has 142 valence electrons. The van der Waals surface area contributed by atoms with E-state index in [1.165, 1.54) is 7.11 Å². The lowest BCUT2D eigenvalue weighted by molar-refractivity contribution is -0.152. The zero-order chi connectivity index (χ0) is 19.6. The van der Waals surface area contributed by atoms with E-state index in [4.69, 9.17) is 9.47 Å². The maximum Gasteiger partial charge on any atom is 0.326 e. The van der Waals surface area contributed by atoms with Gasteiger partial charge in [-0.05, 0) is 11.1 Å². The quantitative estimate of drug-likeness (QED) is 0.655. The highest BCUT2D eigenvalue weighted by Crippen LogP contribution is 2.16. The smallest absolute Gasteiger partial charge is 0.326 e.